The maximum absolute atomic E-state index is 5.76. The second kappa shape index (κ2) is 5.18. The number of furan rings is 1. The van der Waals surface area contributed by atoms with Gasteiger partial charge in [0.05, 0.1) is 11.0 Å². The Morgan fingerprint density at radius 3 is 2.76 bits per heavy atom. The Morgan fingerprint density at radius 1 is 1.19 bits per heavy atom. The van der Waals surface area contributed by atoms with Crippen LogP contribution in [0.5, 0.6) is 0 Å². The van der Waals surface area contributed by atoms with Gasteiger partial charge in [0, 0.05) is 11.6 Å². The number of benzene rings is 1. The number of nitrogens with zero attached hydrogens (tertiary/aromatic N) is 1. The topological polar surface area (TPSA) is 51.2 Å². The maximum atomic E-state index is 5.76. The summed E-state index contributed by atoms with van der Waals surface area (Å²) in [5.74, 6) is 2.26. The van der Waals surface area contributed by atoms with Crippen molar-refractivity contribution < 1.29 is 8.83 Å². The van der Waals surface area contributed by atoms with Crippen LogP contribution in [0.3, 0.4) is 0 Å². The van der Waals surface area contributed by atoms with Crippen LogP contribution in [0.25, 0.3) is 11.1 Å². The first-order chi connectivity index (χ1) is 10.2. The molecule has 4 rings (SSSR count). The summed E-state index contributed by atoms with van der Waals surface area (Å²) in [4.78, 5) is 4.56. The summed E-state index contributed by atoms with van der Waals surface area (Å²) in [6.07, 6.45) is 2.39. The first-order valence-corrected chi connectivity index (χ1v) is 8.36. The number of hydrogen-bond donors (Lipinski definition) is 1. The van der Waals surface area contributed by atoms with Gasteiger partial charge in [0.15, 0.2) is 16.1 Å². The lowest BCUT2D eigenvalue weighted by Crippen LogP contribution is -1.97. The lowest BCUT2D eigenvalue weighted by Gasteiger charge is -2.03. The average molecular weight is 412 g/mol. The molecule has 0 saturated heterocycles. The summed E-state index contributed by atoms with van der Waals surface area (Å²) in [7, 11) is 0. The predicted octanol–water partition coefficient (Wildman–Crippen LogP) is 5.44. The molecule has 6 heteroatoms. The van der Waals surface area contributed by atoms with Gasteiger partial charge >= 0.3 is 0 Å². The molecule has 0 amide bonds. The Hall–Kier alpha value is -1.27. The Labute approximate surface area is 138 Å². The van der Waals surface area contributed by atoms with Crippen molar-refractivity contribution in [2.75, 3.05) is 5.32 Å². The van der Waals surface area contributed by atoms with Gasteiger partial charge in [-0.05, 0) is 69.0 Å². The highest BCUT2D eigenvalue weighted by atomic mass is 79.9. The van der Waals surface area contributed by atoms with E-state index in [4.69, 9.17) is 8.83 Å². The average Bonchev–Trinajstić information content (AvgIpc) is 3.16. The highest BCUT2D eigenvalue weighted by Gasteiger charge is 2.28. The van der Waals surface area contributed by atoms with Crippen LogP contribution in [-0.4, -0.2) is 4.98 Å². The number of aromatic nitrogens is 1. The molecule has 21 heavy (non-hydrogen) atoms. The Morgan fingerprint density at radius 2 is 2.05 bits per heavy atom. The van der Waals surface area contributed by atoms with E-state index in [-0.39, 0.29) is 0 Å². The van der Waals surface area contributed by atoms with Crippen molar-refractivity contribution in [3.05, 3.63) is 45.1 Å². The number of hydrogen-bond acceptors (Lipinski definition) is 4. The number of nitrogens with one attached hydrogen (secondary N) is 1. The Balaban J connectivity index is 1.53. The lowest BCUT2D eigenvalue weighted by molar-refractivity contribution is 0.494. The van der Waals surface area contributed by atoms with Crippen LogP contribution >= 0.6 is 31.9 Å². The maximum Gasteiger partial charge on any atom is 0.198 e. The van der Waals surface area contributed by atoms with Crippen LogP contribution in [0.4, 0.5) is 5.69 Å². The van der Waals surface area contributed by atoms with Crippen molar-refractivity contribution in [2.24, 2.45) is 0 Å². The smallest absolute Gasteiger partial charge is 0.198 e. The van der Waals surface area contributed by atoms with E-state index >= 15 is 0 Å². The van der Waals surface area contributed by atoms with Crippen LogP contribution in [-0.2, 0) is 6.54 Å². The summed E-state index contributed by atoms with van der Waals surface area (Å²) in [6.45, 7) is 0.614. The van der Waals surface area contributed by atoms with Crippen LogP contribution in [0.15, 0.2) is 42.2 Å². The summed E-state index contributed by atoms with van der Waals surface area (Å²) in [5, 5.41) is 3.33. The predicted molar refractivity (Wildman–Crippen MR) is 87.4 cm³/mol. The Bertz CT molecular complexity index is 786. The molecule has 2 heterocycles. The number of rotatable bonds is 4. The molecule has 108 valence electrons. The molecular formula is C15H12Br2N2O2. The second-order valence-corrected chi connectivity index (χ2v) is 6.77. The van der Waals surface area contributed by atoms with Crippen LogP contribution in [0.1, 0.15) is 30.4 Å². The van der Waals surface area contributed by atoms with E-state index in [2.05, 4.69) is 42.2 Å². The zero-order chi connectivity index (χ0) is 14.4. The quantitative estimate of drug-likeness (QED) is 0.621. The van der Waals surface area contributed by atoms with Gasteiger partial charge in [-0.15, -0.1) is 0 Å². The molecule has 0 radical (unpaired) electrons. The van der Waals surface area contributed by atoms with Crippen molar-refractivity contribution in [1.82, 2.24) is 4.98 Å². The number of fused-ring (bicyclic) bond motifs is 1. The third-order valence-corrected chi connectivity index (χ3v) is 5.20. The van der Waals surface area contributed by atoms with E-state index in [1.165, 1.54) is 12.8 Å². The van der Waals surface area contributed by atoms with Gasteiger partial charge in [0.2, 0.25) is 0 Å². The van der Waals surface area contributed by atoms with E-state index in [0.717, 1.165) is 32.9 Å². The third-order valence-electron chi connectivity index (χ3n) is 3.49. The van der Waals surface area contributed by atoms with Crippen LogP contribution < -0.4 is 5.32 Å². The summed E-state index contributed by atoms with van der Waals surface area (Å²) in [6, 6.07) is 7.91. The molecule has 1 aliphatic carbocycles. The monoisotopic (exact) mass is 410 g/mol. The minimum Gasteiger partial charge on any atom is -0.451 e. The van der Waals surface area contributed by atoms with E-state index in [1.54, 1.807) is 0 Å². The van der Waals surface area contributed by atoms with Gasteiger partial charge in [-0.3, -0.25) is 0 Å². The number of halogens is 2. The van der Waals surface area contributed by atoms with Crippen LogP contribution in [0, 0.1) is 0 Å². The molecule has 1 fully saturated rings. The molecule has 0 unspecified atom stereocenters. The number of oxazole rings is 1. The van der Waals surface area contributed by atoms with Gasteiger partial charge in [0.25, 0.3) is 0 Å². The van der Waals surface area contributed by atoms with E-state index in [9.17, 15) is 0 Å². The van der Waals surface area contributed by atoms with Gasteiger partial charge < -0.3 is 14.2 Å². The molecule has 0 bridgehead atoms. The number of anilines is 1. The van der Waals surface area contributed by atoms with Gasteiger partial charge in [-0.1, -0.05) is 0 Å². The zero-order valence-corrected chi connectivity index (χ0v) is 14.2. The molecule has 1 aliphatic rings. The molecule has 0 atom stereocenters. The van der Waals surface area contributed by atoms with Crippen molar-refractivity contribution in [3.8, 4) is 0 Å². The van der Waals surface area contributed by atoms with Crippen LogP contribution in [0.2, 0.25) is 0 Å². The van der Waals surface area contributed by atoms with Gasteiger partial charge in [-0.25, -0.2) is 4.98 Å². The molecule has 1 N–H and O–H groups in total. The third kappa shape index (κ3) is 2.74. The SMILES string of the molecule is Brc1cc(CNc2ccc3oc(C4CC4)nc3c2)oc1Br. The first-order valence-electron chi connectivity index (χ1n) is 6.77. The normalized spacial score (nSPS) is 14.8. The van der Waals surface area contributed by atoms with E-state index in [1.807, 2.05) is 24.3 Å². The Kier molecular flexibility index (Phi) is 3.30. The summed E-state index contributed by atoms with van der Waals surface area (Å²) >= 11 is 6.74. The fourth-order valence-electron chi connectivity index (χ4n) is 2.23. The molecule has 1 saturated carbocycles. The van der Waals surface area contributed by atoms with E-state index in [0.29, 0.717) is 17.1 Å². The molecule has 2 aromatic heterocycles. The van der Waals surface area contributed by atoms with Gasteiger partial charge in [0.1, 0.15) is 11.3 Å². The highest BCUT2D eigenvalue weighted by Crippen LogP contribution is 2.40. The van der Waals surface area contributed by atoms with Crippen molar-refractivity contribution in [2.45, 2.75) is 25.3 Å². The lowest BCUT2D eigenvalue weighted by atomic mass is 10.3. The fraction of sp³-hybridized carbons (Fsp3) is 0.267. The van der Waals surface area contributed by atoms with Gasteiger partial charge in [-0.2, -0.15) is 0 Å². The molecule has 4 nitrogen and oxygen atoms in total. The summed E-state index contributed by atoms with van der Waals surface area (Å²) in [5.41, 5.74) is 2.76. The highest BCUT2D eigenvalue weighted by molar-refractivity contribution is 9.13. The first kappa shape index (κ1) is 13.4. The largest absolute Gasteiger partial charge is 0.451 e. The van der Waals surface area contributed by atoms with Crippen molar-refractivity contribution in [1.29, 1.82) is 0 Å². The molecule has 0 spiro atoms. The van der Waals surface area contributed by atoms with E-state index < -0.39 is 0 Å². The van der Waals surface area contributed by atoms with Crippen molar-refractivity contribution >= 4 is 48.6 Å². The minimum atomic E-state index is 0.534. The molecule has 1 aromatic carbocycles. The fourth-order valence-corrected chi connectivity index (χ4v) is 2.89. The standard InChI is InChI=1S/C15H12Br2N2O2/c16-11-6-10(20-14(11)17)7-18-9-3-4-13-12(5-9)19-15(21-13)8-1-2-8/h3-6,8,18H,1-2,7H2. The van der Waals surface area contributed by atoms with Crippen molar-refractivity contribution in [3.63, 3.8) is 0 Å². The summed E-state index contributed by atoms with van der Waals surface area (Å²) < 4.78 is 12.9. The molecular weight excluding hydrogens is 400 g/mol. The second-order valence-electron chi connectivity index (χ2n) is 5.20. The molecule has 0 aliphatic heterocycles. The molecule has 3 aromatic rings. The zero-order valence-electron chi connectivity index (χ0n) is 11.0. The minimum absolute atomic E-state index is 0.534.